The number of carbonyl (C=O) groups is 1. The molecular formula is C44H79ClN2O2. The van der Waals surface area contributed by atoms with Crippen LogP contribution in [0.4, 0.5) is 0 Å². The van der Waals surface area contributed by atoms with E-state index in [0.717, 1.165) is 6.92 Å². The Balaban J connectivity index is 0. The molecule has 2 aromatic heterocycles. The van der Waals surface area contributed by atoms with Crippen LogP contribution in [0, 0.1) is 0 Å². The summed E-state index contributed by atoms with van der Waals surface area (Å²) < 4.78 is 4.58. The molecule has 0 aliphatic heterocycles. The Bertz CT molecular complexity index is 810. The predicted octanol–water partition coefficient (Wildman–Crippen LogP) is 8.67. The van der Waals surface area contributed by atoms with E-state index in [1.54, 1.807) is 0 Å². The van der Waals surface area contributed by atoms with Crippen molar-refractivity contribution in [1.29, 1.82) is 0 Å². The normalized spacial score (nSPS) is 10.3. The number of nitrogens with zero attached hydrogens (tertiary/aromatic N) is 2. The van der Waals surface area contributed by atoms with Crippen molar-refractivity contribution in [3.63, 3.8) is 0 Å². The molecule has 0 spiro atoms. The Morgan fingerprint density at radius 2 is 0.571 bits per heavy atom. The minimum absolute atomic E-state index is 0. The highest BCUT2D eigenvalue weighted by Crippen LogP contribution is 2.14. The van der Waals surface area contributed by atoms with Crippen molar-refractivity contribution in [2.45, 2.75) is 214 Å². The number of carbonyl (C=O) groups excluding carboxylic acids is 1. The lowest BCUT2D eigenvalue weighted by atomic mass is 10.0. The molecule has 49 heavy (non-hydrogen) atoms. The van der Waals surface area contributed by atoms with Gasteiger partial charge in [0.2, 0.25) is 0 Å². The Hall–Kier alpha value is -1.94. The van der Waals surface area contributed by atoms with Crippen LogP contribution in [-0.4, -0.2) is 5.97 Å². The van der Waals surface area contributed by atoms with Crippen molar-refractivity contribution in [3.05, 3.63) is 61.2 Å². The third-order valence-corrected chi connectivity index (χ3v) is 9.09. The summed E-state index contributed by atoms with van der Waals surface area (Å²) in [5.74, 6) is -1.08. The standard InChI is InChI=1S/2C21H38N.C2H4O2.ClH/c2*1-2-3-4-5-6-7-8-9-10-11-12-13-14-16-19-22-20-17-15-18-21-22;1-2(3)4;/h2*15,17-18,20-21H,2-14,16,19H2,1H3;1H3,(H,3,4);1H/q2*+1;;/p-2. The van der Waals surface area contributed by atoms with Gasteiger partial charge < -0.3 is 22.3 Å². The number of carboxylic acids is 1. The van der Waals surface area contributed by atoms with Crippen molar-refractivity contribution in [2.75, 3.05) is 0 Å². The third-order valence-electron chi connectivity index (χ3n) is 9.09. The van der Waals surface area contributed by atoms with E-state index in [4.69, 9.17) is 9.90 Å². The van der Waals surface area contributed by atoms with E-state index in [1.807, 2.05) is 0 Å². The Morgan fingerprint density at radius 1 is 0.388 bits per heavy atom. The average molecular weight is 704 g/mol. The zero-order chi connectivity index (χ0) is 35.0. The molecule has 0 saturated carbocycles. The number of aromatic nitrogens is 2. The molecule has 0 atom stereocenters. The highest BCUT2D eigenvalue weighted by atomic mass is 35.5. The number of unbranched alkanes of at least 4 members (excludes halogenated alkanes) is 26. The summed E-state index contributed by atoms with van der Waals surface area (Å²) in [5.41, 5.74) is 0. The van der Waals surface area contributed by atoms with Gasteiger partial charge in [0.05, 0.1) is 0 Å². The molecule has 2 heterocycles. The molecule has 0 N–H and O–H groups in total. The first-order chi connectivity index (χ1) is 23.6. The van der Waals surface area contributed by atoms with Crippen molar-refractivity contribution in [1.82, 2.24) is 0 Å². The van der Waals surface area contributed by atoms with E-state index >= 15 is 0 Å². The predicted molar refractivity (Wildman–Crippen MR) is 205 cm³/mol. The van der Waals surface area contributed by atoms with Crippen LogP contribution >= 0.6 is 0 Å². The first-order valence-electron chi connectivity index (χ1n) is 20.7. The van der Waals surface area contributed by atoms with Gasteiger partial charge in [0.25, 0.3) is 0 Å². The monoisotopic (exact) mass is 703 g/mol. The lowest BCUT2D eigenvalue weighted by Crippen LogP contribution is -3.00. The Morgan fingerprint density at radius 3 is 0.776 bits per heavy atom. The summed E-state index contributed by atoms with van der Waals surface area (Å²) in [6.45, 7) is 7.92. The van der Waals surface area contributed by atoms with Gasteiger partial charge in [-0.15, -0.1) is 0 Å². The summed E-state index contributed by atoms with van der Waals surface area (Å²) in [6.07, 6.45) is 48.8. The van der Waals surface area contributed by atoms with Crippen LogP contribution in [-0.2, 0) is 17.9 Å². The molecule has 0 unspecified atom stereocenters. The van der Waals surface area contributed by atoms with Gasteiger partial charge >= 0.3 is 0 Å². The van der Waals surface area contributed by atoms with E-state index in [1.165, 1.54) is 193 Å². The van der Waals surface area contributed by atoms with E-state index in [9.17, 15) is 0 Å². The first-order valence-corrected chi connectivity index (χ1v) is 20.7. The van der Waals surface area contributed by atoms with Gasteiger partial charge in [0, 0.05) is 43.1 Å². The van der Waals surface area contributed by atoms with E-state index < -0.39 is 5.97 Å². The fraction of sp³-hybridized carbons (Fsp3) is 0.750. The summed E-state index contributed by atoms with van der Waals surface area (Å²) in [4.78, 5) is 8.89. The van der Waals surface area contributed by atoms with Crippen LogP contribution in [0.1, 0.15) is 201 Å². The Kier molecular flexibility index (Phi) is 42.4. The quantitative estimate of drug-likeness (QED) is 0.0604. The van der Waals surface area contributed by atoms with Crippen molar-refractivity contribution >= 4 is 5.97 Å². The summed E-state index contributed by atoms with van der Waals surface area (Å²) in [6, 6.07) is 12.6. The van der Waals surface area contributed by atoms with Gasteiger partial charge in [0.1, 0.15) is 13.1 Å². The van der Waals surface area contributed by atoms with Crippen LogP contribution in [0.15, 0.2) is 61.2 Å². The minimum Gasteiger partial charge on any atom is -1.00 e. The molecule has 284 valence electrons. The maximum Gasteiger partial charge on any atom is 0.168 e. The van der Waals surface area contributed by atoms with Gasteiger partial charge in [-0.2, -0.15) is 0 Å². The lowest BCUT2D eigenvalue weighted by Gasteiger charge is -2.02. The molecule has 0 amide bonds. The number of rotatable bonds is 30. The lowest BCUT2D eigenvalue weighted by molar-refractivity contribution is -0.697. The molecule has 0 aliphatic rings. The highest BCUT2D eigenvalue weighted by Gasteiger charge is 1.99. The molecule has 2 rings (SSSR count). The molecule has 4 nitrogen and oxygen atoms in total. The SMILES string of the molecule is CC(=O)[O-].CCCCCCCCCCCCCCCC[n+]1ccccc1.CCCCCCCCCCCCCCCC[n+]1ccccc1.[Cl-]. The summed E-state index contributed by atoms with van der Waals surface area (Å²) in [7, 11) is 0. The van der Waals surface area contributed by atoms with Crippen molar-refractivity contribution < 1.29 is 31.4 Å². The second-order valence-corrected chi connectivity index (χ2v) is 13.9. The molecule has 0 bridgehead atoms. The number of hydrogen-bond donors (Lipinski definition) is 0. The van der Waals surface area contributed by atoms with Gasteiger partial charge in [-0.3, -0.25) is 0 Å². The number of aliphatic carboxylic acids is 1. The molecule has 0 saturated heterocycles. The van der Waals surface area contributed by atoms with E-state index in [-0.39, 0.29) is 12.4 Å². The molecule has 0 aliphatic carbocycles. The van der Waals surface area contributed by atoms with Crippen LogP contribution in [0.5, 0.6) is 0 Å². The van der Waals surface area contributed by atoms with Crippen LogP contribution in [0.25, 0.3) is 0 Å². The van der Waals surface area contributed by atoms with Crippen molar-refractivity contribution in [2.24, 2.45) is 0 Å². The number of carboxylic acid groups (broad SMARTS) is 1. The maximum absolute atomic E-state index is 8.89. The van der Waals surface area contributed by atoms with Crippen LogP contribution < -0.4 is 26.6 Å². The topological polar surface area (TPSA) is 47.9 Å². The number of hydrogen-bond acceptors (Lipinski definition) is 2. The van der Waals surface area contributed by atoms with Gasteiger partial charge in [0.15, 0.2) is 24.8 Å². The molecule has 0 fully saturated rings. The zero-order valence-electron chi connectivity index (χ0n) is 32.6. The fourth-order valence-corrected chi connectivity index (χ4v) is 6.14. The van der Waals surface area contributed by atoms with Crippen LogP contribution in [0.3, 0.4) is 0 Å². The van der Waals surface area contributed by atoms with Gasteiger partial charge in [-0.1, -0.05) is 180 Å². The van der Waals surface area contributed by atoms with E-state index in [0.29, 0.717) is 0 Å². The zero-order valence-corrected chi connectivity index (χ0v) is 33.3. The number of pyridine rings is 2. The second kappa shape index (κ2) is 42.2. The molecular weight excluding hydrogens is 624 g/mol. The van der Waals surface area contributed by atoms with Crippen LogP contribution in [0.2, 0.25) is 0 Å². The summed E-state index contributed by atoms with van der Waals surface area (Å²) >= 11 is 0. The van der Waals surface area contributed by atoms with Gasteiger partial charge in [-0.25, -0.2) is 9.13 Å². The molecule has 0 radical (unpaired) electrons. The Labute approximate surface area is 311 Å². The largest absolute Gasteiger partial charge is 1.00 e. The number of halogens is 1. The van der Waals surface area contributed by atoms with Gasteiger partial charge in [-0.05, 0) is 19.8 Å². The fourth-order valence-electron chi connectivity index (χ4n) is 6.14. The highest BCUT2D eigenvalue weighted by molar-refractivity contribution is 5.60. The summed E-state index contributed by atoms with van der Waals surface area (Å²) in [5, 5.41) is 8.89. The smallest absolute Gasteiger partial charge is 0.168 e. The maximum atomic E-state index is 8.89. The average Bonchev–Trinajstić information content (AvgIpc) is 3.09. The minimum atomic E-state index is -1.08. The number of aryl methyl sites for hydroxylation is 2. The van der Waals surface area contributed by atoms with E-state index in [2.05, 4.69) is 84.2 Å². The van der Waals surface area contributed by atoms with Crippen molar-refractivity contribution in [3.8, 4) is 0 Å². The third kappa shape index (κ3) is 42.1. The molecule has 0 aromatic carbocycles. The first kappa shape index (κ1) is 49.2. The second-order valence-electron chi connectivity index (χ2n) is 13.9. The molecule has 2 aromatic rings. The molecule has 5 heteroatoms.